The molecule has 0 amide bonds. The van der Waals surface area contributed by atoms with Crippen LogP contribution in [0.3, 0.4) is 0 Å². The zero-order valence-corrected chi connectivity index (χ0v) is 17.8. The molecular formula is C21H30N8. The third-order valence-electron chi connectivity index (χ3n) is 5.87. The van der Waals surface area contributed by atoms with Gasteiger partial charge in [0, 0.05) is 17.4 Å². The summed E-state index contributed by atoms with van der Waals surface area (Å²) < 4.78 is 3.66. The van der Waals surface area contributed by atoms with Crippen molar-refractivity contribution in [1.29, 1.82) is 0 Å². The number of likely N-dealkylation sites (tertiary alicyclic amines) is 1. The number of hydrogen-bond acceptors (Lipinski definition) is 6. The fraction of sp³-hybridized carbons (Fsp3) is 0.524. The lowest BCUT2D eigenvalue weighted by molar-refractivity contribution is 0.241. The summed E-state index contributed by atoms with van der Waals surface area (Å²) >= 11 is 0. The Kier molecular flexibility index (Phi) is 5.36. The fourth-order valence-corrected chi connectivity index (χ4v) is 4.05. The van der Waals surface area contributed by atoms with Crippen LogP contribution >= 0.6 is 0 Å². The Morgan fingerprint density at radius 2 is 1.90 bits per heavy atom. The van der Waals surface area contributed by atoms with E-state index in [9.17, 15) is 0 Å². The number of nitrogens with one attached hydrogen (secondary N) is 1. The lowest BCUT2D eigenvalue weighted by Crippen LogP contribution is -2.40. The van der Waals surface area contributed by atoms with Crippen LogP contribution in [0.2, 0.25) is 0 Å². The highest BCUT2D eigenvalue weighted by atomic mass is 15.4. The van der Waals surface area contributed by atoms with Gasteiger partial charge in [-0.2, -0.15) is 9.61 Å². The molecule has 0 radical (unpaired) electrons. The van der Waals surface area contributed by atoms with Crippen molar-refractivity contribution in [2.75, 3.05) is 20.1 Å². The molecule has 4 rings (SSSR count). The molecule has 154 valence electrons. The highest BCUT2D eigenvalue weighted by Gasteiger charge is 2.18. The van der Waals surface area contributed by atoms with E-state index in [1.807, 2.05) is 23.7 Å². The number of piperidine rings is 1. The number of rotatable bonds is 6. The van der Waals surface area contributed by atoms with Crippen LogP contribution in [0.4, 0.5) is 0 Å². The van der Waals surface area contributed by atoms with E-state index in [-0.39, 0.29) is 0 Å². The molecule has 1 saturated heterocycles. The third kappa shape index (κ3) is 4.03. The van der Waals surface area contributed by atoms with Crippen LogP contribution < -0.4 is 5.32 Å². The van der Waals surface area contributed by atoms with Gasteiger partial charge in [-0.15, -0.1) is 15.3 Å². The SMILES string of the molecule is C=C(CCc1c(C)nn(-c2ccc3nnc(C)n3n2)c1C)NC1CCN(C)CC1. The zero-order valence-electron chi connectivity index (χ0n) is 17.8. The lowest BCUT2D eigenvalue weighted by atomic mass is 10.0. The highest BCUT2D eigenvalue weighted by molar-refractivity contribution is 5.40. The first kappa shape index (κ1) is 19.6. The molecule has 3 aromatic heterocycles. The second-order valence-corrected chi connectivity index (χ2v) is 8.10. The molecule has 1 aliphatic rings. The number of hydrogen-bond donors (Lipinski definition) is 1. The van der Waals surface area contributed by atoms with Crippen LogP contribution in [0.5, 0.6) is 0 Å². The summed E-state index contributed by atoms with van der Waals surface area (Å²) in [5.74, 6) is 1.54. The Labute approximate surface area is 171 Å². The van der Waals surface area contributed by atoms with E-state index in [0.717, 1.165) is 60.3 Å². The molecule has 0 aromatic carbocycles. The molecule has 0 saturated carbocycles. The van der Waals surface area contributed by atoms with Gasteiger partial charge in [-0.25, -0.2) is 4.68 Å². The van der Waals surface area contributed by atoms with E-state index in [4.69, 9.17) is 5.10 Å². The van der Waals surface area contributed by atoms with Gasteiger partial charge in [0.25, 0.3) is 0 Å². The van der Waals surface area contributed by atoms with Gasteiger partial charge >= 0.3 is 0 Å². The van der Waals surface area contributed by atoms with Crippen molar-refractivity contribution in [3.8, 4) is 5.82 Å². The minimum absolute atomic E-state index is 0.548. The minimum atomic E-state index is 0.548. The van der Waals surface area contributed by atoms with Crippen molar-refractivity contribution >= 4 is 5.65 Å². The van der Waals surface area contributed by atoms with E-state index >= 15 is 0 Å². The summed E-state index contributed by atoms with van der Waals surface area (Å²) in [7, 11) is 2.19. The van der Waals surface area contributed by atoms with Crippen molar-refractivity contribution in [1.82, 2.24) is 39.8 Å². The first-order valence-electron chi connectivity index (χ1n) is 10.3. The Hall–Kier alpha value is -2.74. The normalized spacial score (nSPS) is 15.9. The monoisotopic (exact) mass is 394 g/mol. The average Bonchev–Trinajstić information content (AvgIpc) is 3.21. The maximum Gasteiger partial charge on any atom is 0.178 e. The Morgan fingerprint density at radius 1 is 1.14 bits per heavy atom. The number of aryl methyl sites for hydroxylation is 2. The zero-order chi connectivity index (χ0) is 20.5. The Bertz CT molecular complexity index is 1020. The van der Waals surface area contributed by atoms with E-state index in [1.165, 1.54) is 18.4 Å². The molecule has 8 nitrogen and oxygen atoms in total. The number of fused-ring (bicyclic) bond motifs is 1. The molecule has 1 fully saturated rings. The predicted octanol–water partition coefficient (Wildman–Crippen LogP) is 2.37. The Morgan fingerprint density at radius 3 is 2.66 bits per heavy atom. The number of allylic oxidation sites excluding steroid dienone is 1. The molecule has 3 aromatic rings. The van der Waals surface area contributed by atoms with E-state index in [2.05, 4.69) is 53.0 Å². The molecule has 0 spiro atoms. The van der Waals surface area contributed by atoms with Gasteiger partial charge < -0.3 is 10.2 Å². The van der Waals surface area contributed by atoms with Crippen molar-refractivity contribution in [3.05, 3.63) is 47.2 Å². The minimum Gasteiger partial charge on any atom is -0.386 e. The highest BCUT2D eigenvalue weighted by Crippen LogP contribution is 2.20. The van der Waals surface area contributed by atoms with E-state index in [1.54, 1.807) is 4.52 Å². The molecule has 8 heteroatoms. The van der Waals surface area contributed by atoms with Crippen molar-refractivity contribution in [3.63, 3.8) is 0 Å². The van der Waals surface area contributed by atoms with Crippen molar-refractivity contribution in [2.45, 2.75) is 52.5 Å². The van der Waals surface area contributed by atoms with Gasteiger partial charge in [-0.3, -0.25) is 0 Å². The third-order valence-corrected chi connectivity index (χ3v) is 5.87. The summed E-state index contributed by atoms with van der Waals surface area (Å²) in [6.45, 7) is 12.6. The second-order valence-electron chi connectivity index (χ2n) is 8.10. The molecule has 0 atom stereocenters. The number of nitrogens with zero attached hydrogens (tertiary/aromatic N) is 7. The Balaban J connectivity index is 1.45. The second kappa shape index (κ2) is 7.94. The molecule has 29 heavy (non-hydrogen) atoms. The maximum absolute atomic E-state index is 4.75. The fourth-order valence-electron chi connectivity index (χ4n) is 4.05. The van der Waals surface area contributed by atoms with Gasteiger partial charge in [0.1, 0.15) is 0 Å². The number of aromatic nitrogens is 6. The van der Waals surface area contributed by atoms with Crippen LogP contribution in [0.15, 0.2) is 24.4 Å². The van der Waals surface area contributed by atoms with Gasteiger partial charge in [-0.1, -0.05) is 6.58 Å². The first-order chi connectivity index (χ1) is 13.9. The van der Waals surface area contributed by atoms with Crippen LogP contribution in [0.25, 0.3) is 11.5 Å². The topological polar surface area (TPSA) is 76.2 Å². The first-order valence-corrected chi connectivity index (χ1v) is 10.3. The van der Waals surface area contributed by atoms with Gasteiger partial charge in [0.2, 0.25) is 0 Å². The van der Waals surface area contributed by atoms with Crippen molar-refractivity contribution in [2.24, 2.45) is 0 Å². The largest absolute Gasteiger partial charge is 0.386 e. The molecule has 1 aliphatic heterocycles. The standard InChI is InChI=1S/C21H30N8/c1-14(22-18-10-12-27(5)13-11-18)6-7-19-15(2)25-28(16(19)3)21-9-8-20-24-23-17(4)29(20)26-21/h8-9,18,22H,1,6-7,10-13H2,2-5H3. The van der Waals surface area contributed by atoms with E-state index < -0.39 is 0 Å². The smallest absolute Gasteiger partial charge is 0.178 e. The van der Waals surface area contributed by atoms with Crippen molar-refractivity contribution < 1.29 is 0 Å². The molecule has 0 unspecified atom stereocenters. The van der Waals surface area contributed by atoms with Crippen LogP contribution in [0, 0.1) is 20.8 Å². The molecule has 0 aliphatic carbocycles. The van der Waals surface area contributed by atoms with Crippen LogP contribution in [0.1, 0.15) is 42.0 Å². The summed E-state index contributed by atoms with van der Waals surface area (Å²) in [6.07, 6.45) is 4.20. The van der Waals surface area contributed by atoms with Crippen LogP contribution in [-0.2, 0) is 6.42 Å². The quantitative estimate of drug-likeness (QED) is 0.692. The predicted molar refractivity (Wildman–Crippen MR) is 113 cm³/mol. The average molecular weight is 395 g/mol. The van der Waals surface area contributed by atoms with Gasteiger partial charge in [-0.05, 0) is 84.3 Å². The lowest BCUT2D eigenvalue weighted by Gasteiger charge is -2.30. The molecule has 4 heterocycles. The van der Waals surface area contributed by atoms with Gasteiger partial charge in [0.15, 0.2) is 17.3 Å². The van der Waals surface area contributed by atoms with E-state index in [0.29, 0.717) is 6.04 Å². The summed E-state index contributed by atoms with van der Waals surface area (Å²) in [6, 6.07) is 4.41. The van der Waals surface area contributed by atoms with Crippen LogP contribution in [-0.4, -0.2) is 60.7 Å². The molecule has 1 N–H and O–H groups in total. The maximum atomic E-state index is 4.75. The summed E-state index contributed by atoms with van der Waals surface area (Å²) in [5.41, 5.74) is 5.28. The summed E-state index contributed by atoms with van der Waals surface area (Å²) in [4.78, 5) is 2.38. The molecular weight excluding hydrogens is 364 g/mol. The molecule has 0 bridgehead atoms. The summed E-state index contributed by atoms with van der Waals surface area (Å²) in [5, 5.41) is 21.2. The van der Waals surface area contributed by atoms with Gasteiger partial charge in [0.05, 0.1) is 5.69 Å².